The minimum absolute atomic E-state index is 0.178. The quantitative estimate of drug-likeness (QED) is 0.565. The lowest BCUT2D eigenvalue weighted by Crippen LogP contribution is -2.36. The van der Waals surface area contributed by atoms with Crippen LogP contribution in [0.2, 0.25) is 5.02 Å². The number of amides is 1. The summed E-state index contributed by atoms with van der Waals surface area (Å²) in [4.78, 5) is 21.1. The van der Waals surface area contributed by atoms with Crippen molar-refractivity contribution in [3.8, 4) is 5.75 Å². The van der Waals surface area contributed by atoms with Crippen molar-refractivity contribution >= 4 is 29.2 Å². The van der Waals surface area contributed by atoms with E-state index in [4.69, 9.17) is 32.0 Å². The third-order valence-corrected chi connectivity index (χ3v) is 4.14. The number of nitrogens with one attached hydrogen (secondary N) is 2. The third kappa shape index (κ3) is 7.51. The molecule has 0 atom stereocenters. The first-order valence-electron chi connectivity index (χ1n) is 7.98. The summed E-state index contributed by atoms with van der Waals surface area (Å²) in [7, 11) is 1.51. The van der Waals surface area contributed by atoms with Gasteiger partial charge in [0.05, 0.1) is 23.4 Å². The van der Waals surface area contributed by atoms with E-state index in [0.717, 1.165) is 25.9 Å². The zero-order valence-corrected chi connectivity index (χ0v) is 15.3. The molecule has 0 spiro atoms. The van der Waals surface area contributed by atoms with Gasteiger partial charge < -0.3 is 26.2 Å². The van der Waals surface area contributed by atoms with Gasteiger partial charge in [0.25, 0.3) is 5.91 Å². The van der Waals surface area contributed by atoms with E-state index in [1.165, 1.54) is 7.11 Å². The Hall–Kier alpha value is -2.20. The van der Waals surface area contributed by atoms with E-state index in [9.17, 15) is 18.0 Å². The number of alkyl halides is 3. The molecule has 152 valence electrons. The highest BCUT2D eigenvalue weighted by atomic mass is 35.5. The molecule has 1 aromatic rings. The Morgan fingerprint density at radius 2 is 1.93 bits per heavy atom. The predicted molar refractivity (Wildman–Crippen MR) is 94.0 cm³/mol. The van der Waals surface area contributed by atoms with Crippen molar-refractivity contribution in [2.24, 2.45) is 5.92 Å². The van der Waals surface area contributed by atoms with Gasteiger partial charge in [-0.05, 0) is 37.9 Å². The van der Waals surface area contributed by atoms with Crippen LogP contribution in [0.3, 0.4) is 0 Å². The van der Waals surface area contributed by atoms with Crippen LogP contribution < -0.4 is 21.1 Å². The van der Waals surface area contributed by atoms with E-state index in [2.05, 4.69) is 10.6 Å². The van der Waals surface area contributed by atoms with Gasteiger partial charge in [-0.2, -0.15) is 13.2 Å². The molecule has 1 aromatic carbocycles. The summed E-state index contributed by atoms with van der Waals surface area (Å²) in [5.74, 6) is -1.97. The number of rotatable bonds is 4. The average molecular weight is 412 g/mol. The van der Waals surface area contributed by atoms with E-state index in [1.807, 2.05) is 0 Å². The van der Waals surface area contributed by atoms with Crippen molar-refractivity contribution in [2.45, 2.75) is 19.0 Å². The molecule has 1 amide bonds. The van der Waals surface area contributed by atoms with Crippen LogP contribution in [-0.2, 0) is 4.79 Å². The summed E-state index contributed by atoms with van der Waals surface area (Å²) in [6, 6.07) is 3.12. The number of benzene rings is 1. The molecule has 27 heavy (non-hydrogen) atoms. The number of hydrogen-bond acceptors (Lipinski definition) is 5. The molecule has 0 bridgehead atoms. The topological polar surface area (TPSA) is 114 Å². The van der Waals surface area contributed by atoms with Gasteiger partial charge >= 0.3 is 12.1 Å². The van der Waals surface area contributed by atoms with E-state index >= 15 is 0 Å². The Labute approximate surface area is 159 Å². The smallest absolute Gasteiger partial charge is 0.490 e. The van der Waals surface area contributed by atoms with Gasteiger partial charge in [-0.25, -0.2) is 4.79 Å². The van der Waals surface area contributed by atoms with Crippen molar-refractivity contribution in [1.29, 1.82) is 0 Å². The number of hydrogen-bond donors (Lipinski definition) is 4. The van der Waals surface area contributed by atoms with Crippen LogP contribution in [0, 0.1) is 5.92 Å². The molecule has 0 radical (unpaired) electrons. The normalized spacial score (nSPS) is 14.7. The van der Waals surface area contributed by atoms with Crippen molar-refractivity contribution in [1.82, 2.24) is 10.6 Å². The Morgan fingerprint density at radius 3 is 2.41 bits per heavy atom. The summed E-state index contributed by atoms with van der Waals surface area (Å²) in [5.41, 5.74) is 6.52. The SMILES string of the molecule is COc1cc(N)c(Cl)cc1C(=O)NCC1CCNCC1.O=C(O)C(F)(F)F. The van der Waals surface area contributed by atoms with E-state index in [-0.39, 0.29) is 5.91 Å². The number of nitrogen functional groups attached to an aromatic ring is 1. The van der Waals surface area contributed by atoms with Gasteiger partial charge in [0.1, 0.15) is 5.75 Å². The number of ether oxygens (including phenoxy) is 1. The Balaban J connectivity index is 0.000000445. The first-order chi connectivity index (χ1) is 12.6. The molecule has 1 aliphatic heterocycles. The lowest BCUT2D eigenvalue weighted by Gasteiger charge is -2.23. The number of carbonyl (C=O) groups excluding carboxylic acids is 1. The summed E-state index contributed by atoms with van der Waals surface area (Å²) in [6.45, 7) is 2.70. The van der Waals surface area contributed by atoms with Crippen molar-refractivity contribution in [3.05, 3.63) is 22.7 Å². The number of halogens is 4. The van der Waals surface area contributed by atoms with Crippen molar-refractivity contribution < 1.29 is 32.6 Å². The minimum atomic E-state index is -5.08. The highest BCUT2D eigenvalue weighted by Crippen LogP contribution is 2.28. The number of piperidine rings is 1. The molecule has 0 saturated carbocycles. The first kappa shape index (κ1) is 22.8. The van der Waals surface area contributed by atoms with Crippen LogP contribution >= 0.6 is 11.6 Å². The van der Waals surface area contributed by atoms with E-state index in [0.29, 0.717) is 34.5 Å². The molecule has 1 saturated heterocycles. The van der Waals surface area contributed by atoms with Gasteiger partial charge in [-0.15, -0.1) is 0 Å². The maximum absolute atomic E-state index is 12.2. The molecule has 5 N–H and O–H groups in total. The number of carboxylic acid groups (broad SMARTS) is 1. The van der Waals surface area contributed by atoms with Gasteiger partial charge in [-0.1, -0.05) is 11.6 Å². The second kappa shape index (κ2) is 10.2. The monoisotopic (exact) mass is 411 g/mol. The maximum atomic E-state index is 12.2. The molecular formula is C16H21ClF3N3O4. The Kier molecular flexibility index (Phi) is 8.64. The second-order valence-corrected chi connectivity index (χ2v) is 6.19. The Bertz CT molecular complexity index is 665. The molecule has 7 nitrogen and oxygen atoms in total. The lowest BCUT2D eigenvalue weighted by atomic mass is 9.98. The number of nitrogens with two attached hydrogens (primary N) is 1. The molecule has 1 aliphatic rings. The van der Waals surface area contributed by atoms with Crippen molar-refractivity contribution in [2.75, 3.05) is 32.5 Å². The van der Waals surface area contributed by atoms with Crippen molar-refractivity contribution in [3.63, 3.8) is 0 Å². The van der Waals surface area contributed by atoms with Crippen LogP contribution in [0.1, 0.15) is 23.2 Å². The second-order valence-electron chi connectivity index (χ2n) is 5.78. The molecule has 0 aliphatic carbocycles. The van der Waals surface area contributed by atoms with E-state index in [1.54, 1.807) is 12.1 Å². The van der Waals surface area contributed by atoms with Crippen LogP contribution in [0.15, 0.2) is 12.1 Å². The van der Waals surface area contributed by atoms with Crippen LogP contribution in [0.25, 0.3) is 0 Å². The largest absolute Gasteiger partial charge is 0.496 e. The van der Waals surface area contributed by atoms with Crippen LogP contribution in [0.4, 0.5) is 18.9 Å². The number of methoxy groups -OCH3 is 1. The minimum Gasteiger partial charge on any atom is -0.496 e. The molecule has 1 fully saturated rings. The molecule has 0 aromatic heterocycles. The fourth-order valence-electron chi connectivity index (χ4n) is 2.33. The van der Waals surface area contributed by atoms with Gasteiger partial charge in [0.15, 0.2) is 0 Å². The number of carbonyl (C=O) groups is 2. The zero-order valence-electron chi connectivity index (χ0n) is 14.5. The van der Waals surface area contributed by atoms with Gasteiger partial charge in [-0.3, -0.25) is 4.79 Å². The van der Waals surface area contributed by atoms with Gasteiger partial charge in [0, 0.05) is 12.6 Å². The summed E-state index contributed by atoms with van der Waals surface area (Å²) in [5, 5.41) is 13.7. The van der Waals surface area contributed by atoms with Crippen LogP contribution in [-0.4, -0.2) is 49.9 Å². The molecule has 0 unspecified atom stereocenters. The molecule has 11 heteroatoms. The van der Waals surface area contributed by atoms with Crippen LogP contribution in [0.5, 0.6) is 5.75 Å². The summed E-state index contributed by atoms with van der Waals surface area (Å²) >= 11 is 5.97. The standard InChI is InChI=1S/C14H20ClN3O2.C2HF3O2/c1-20-13-7-12(16)11(15)6-10(13)14(19)18-8-9-2-4-17-5-3-9;3-2(4,5)1(6)7/h6-7,9,17H,2-5,8,16H2,1H3,(H,18,19);(H,6,7). The average Bonchev–Trinajstić information content (AvgIpc) is 2.62. The number of carboxylic acids is 1. The highest BCUT2D eigenvalue weighted by Gasteiger charge is 2.38. The summed E-state index contributed by atoms with van der Waals surface area (Å²) in [6.07, 6.45) is -2.92. The highest BCUT2D eigenvalue weighted by molar-refractivity contribution is 6.33. The third-order valence-electron chi connectivity index (χ3n) is 3.82. The fourth-order valence-corrected chi connectivity index (χ4v) is 2.50. The fraction of sp³-hybridized carbons (Fsp3) is 0.500. The predicted octanol–water partition coefficient (Wildman–Crippen LogP) is 2.29. The van der Waals surface area contributed by atoms with Gasteiger partial charge in [0.2, 0.25) is 0 Å². The first-order valence-corrected chi connectivity index (χ1v) is 8.36. The lowest BCUT2D eigenvalue weighted by molar-refractivity contribution is -0.192. The Morgan fingerprint density at radius 1 is 1.37 bits per heavy atom. The number of anilines is 1. The zero-order chi connectivity index (χ0) is 20.6. The molecular weight excluding hydrogens is 391 g/mol. The summed E-state index contributed by atoms with van der Waals surface area (Å²) < 4.78 is 36.9. The maximum Gasteiger partial charge on any atom is 0.490 e. The molecule has 1 heterocycles. The molecule has 2 rings (SSSR count). The van der Waals surface area contributed by atoms with E-state index < -0.39 is 12.1 Å². The number of aliphatic carboxylic acids is 1.